The summed E-state index contributed by atoms with van der Waals surface area (Å²) in [5.41, 5.74) is 1.29. The third-order valence-electron chi connectivity index (χ3n) is 6.34. The molecule has 0 saturated carbocycles. The first kappa shape index (κ1) is 20.0. The molecular formula is C25H33N2O2+. The van der Waals surface area contributed by atoms with Gasteiger partial charge in [0.1, 0.15) is 18.0 Å². The Balaban J connectivity index is 1.28. The third kappa shape index (κ3) is 5.39. The van der Waals surface area contributed by atoms with Crippen molar-refractivity contribution in [3.63, 3.8) is 0 Å². The van der Waals surface area contributed by atoms with Crippen molar-refractivity contribution >= 4 is 5.91 Å². The number of carbonyl (C=O) groups excluding carboxylic acids is 1. The molecule has 2 aromatic carbocycles. The fraction of sp³-hybridized carbons (Fsp3) is 0.480. The normalized spacial score (nSPS) is 24.9. The zero-order valence-electron chi connectivity index (χ0n) is 17.5. The van der Waals surface area contributed by atoms with Crippen molar-refractivity contribution in [1.82, 2.24) is 4.90 Å². The molecule has 2 aliphatic heterocycles. The zero-order chi connectivity index (χ0) is 20.1. The number of hydrogen-bond acceptors (Lipinski definition) is 2. The first-order valence-electron chi connectivity index (χ1n) is 11.1. The molecule has 154 valence electrons. The molecule has 2 aliphatic rings. The van der Waals surface area contributed by atoms with Crippen molar-refractivity contribution < 1.29 is 14.4 Å². The molecule has 4 rings (SSSR count). The number of amides is 1. The Kier molecular flexibility index (Phi) is 6.50. The number of benzene rings is 2. The molecule has 4 nitrogen and oxygen atoms in total. The highest BCUT2D eigenvalue weighted by Gasteiger charge is 2.32. The standard InChI is InChI=1S/C25H32N2O2/c1-20-7-6-14-27(18-20)25(28)22-12-15-26(16-13-22)19-21-8-5-11-24(17-21)29-23-9-3-2-4-10-23/h2-5,8-11,17,20,22H,6-7,12-16,18-19H2,1H3/p+1/t20-/m1/s1. The topological polar surface area (TPSA) is 34.0 Å². The predicted molar refractivity (Wildman–Crippen MR) is 115 cm³/mol. The highest BCUT2D eigenvalue weighted by molar-refractivity contribution is 5.79. The van der Waals surface area contributed by atoms with Crippen LogP contribution in [0.25, 0.3) is 0 Å². The van der Waals surface area contributed by atoms with Gasteiger partial charge in [-0.05, 0) is 43.0 Å². The molecule has 29 heavy (non-hydrogen) atoms. The van der Waals surface area contributed by atoms with E-state index in [0.717, 1.165) is 57.1 Å². The number of rotatable bonds is 5. The van der Waals surface area contributed by atoms with Gasteiger partial charge in [-0.15, -0.1) is 0 Å². The van der Waals surface area contributed by atoms with Crippen LogP contribution in [0, 0.1) is 11.8 Å². The number of likely N-dealkylation sites (tertiary alicyclic amines) is 2. The van der Waals surface area contributed by atoms with Gasteiger partial charge >= 0.3 is 0 Å². The van der Waals surface area contributed by atoms with Crippen molar-refractivity contribution in [2.75, 3.05) is 26.2 Å². The van der Waals surface area contributed by atoms with Crippen LogP contribution >= 0.6 is 0 Å². The Morgan fingerprint density at radius 1 is 1.03 bits per heavy atom. The fourth-order valence-corrected chi connectivity index (χ4v) is 4.73. The summed E-state index contributed by atoms with van der Waals surface area (Å²) >= 11 is 0. The number of quaternary nitrogens is 1. The van der Waals surface area contributed by atoms with E-state index in [1.165, 1.54) is 18.4 Å². The lowest BCUT2D eigenvalue weighted by Gasteiger charge is -2.36. The smallest absolute Gasteiger partial charge is 0.226 e. The summed E-state index contributed by atoms with van der Waals surface area (Å²) < 4.78 is 5.97. The second kappa shape index (κ2) is 9.45. The van der Waals surface area contributed by atoms with Crippen LogP contribution in [0.2, 0.25) is 0 Å². The van der Waals surface area contributed by atoms with Gasteiger partial charge in [0, 0.05) is 37.4 Å². The molecule has 2 fully saturated rings. The van der Waals surface area contributed by atoms with E-state index in [-0.39, 0.29) is 5.92 Å². The average molecular weight is 394 g/mol. The van der Waals surface area contributed by atoms with Gasteiger partial charge in [0.05, 0.1) is 13.1 Å². The summed E-state index contributed by atoms with van der Waals surface area (Å²) in [5, 5.41) is 0. The van der Waals surface area contributed by atoms with Gasteiger partial charge in [0.25, 0.3) is 0 Å². The molecule has 0 radical (unpaired) electrons. The maximum Gasteiger partial charge on any atom is 0.226 e. The van der Waals surface area contributed by atoms with Crippen LogP contribution in [0.4, 0.5) is 0 Å². The Hall–Kier alpha value is -2.33. The second-order valence-electron chi connectivity index (χ2n) is 8.80. The number of nitrogens with one attached hydrogen (secondary N) is 1. The SMILES string of the molecule is C[C@@H]1CCCN(C(=O)C2CC[NH+](Cc3cccc(Oc4ccccc4)c3)CC2)C1. The summed E-state index contributed by atoms with van der Waals surface area (Å²) in [4.78, 5) is 16.6. The van der Waals surface area contributed by atoms with E-state index in [0.29, 0.717) is 11.8 Å². The largest absolute Gasteiger partial charge is 0.457 e. The average Bonchev–Trinajstić information content (AvgIpc) is 2.75. The first-order valence-corrected chi connectivity index (χ1v) is 11.1. The molecular weight excluding hydrogens is 360 g/mol. The minimum absolute atomic E-state index is 0.233. The third-order valence-corrected chi connectivity index (χ3v) is 6.34. The number of piperidine rings is 2. The molecule has 0 aliphatic carbocycles. The molecule has 0 unspecified atom stereocenters. The zero-order valence-corrected chi connectivity index (χ0v) is 17.5. The van der Waals surface area contributed by atoms with Crippen LogP contribution in [0.15, 0.2) is 54.6 Å². The number of para-hydroxylation sites is 1. The minimum Gasteiger partial charge on any atom is -0.457 e. The maximum absolute atomic E-state index is 12.9. The molecule has 0 aromatic heterocycles. The molecule has 1 atom stereocenters. The van der Waals surface area contributed by atoms with Gasteiger partial charge in [0.15, 0.2) is 0 Å². The van der Waals surface area contributed by atoms with Gasteiger partial charge in [-0.25, -0.2) is 0 Å². The van der Waals surface area contributed by atoms with E-state index in [2.05, 4.69) is 30.0 Å². The van der Waals surface area contributed by atoms with E-state index in [1.54, 1.807) is 4.90 Å². The van der Waals surface area contributed by atoms with Crippen LogP contribution in [-0.2, 0) is 11.3 Å². The van der Waals surface area contributed by atoms with Crippen LogP contribution < -0.4 is 9.64 Å². The monoisotopic (exact) mass is 393 g/mol. The lowest BCUT2D eigenvalue weighted by molar-refractivity contribution is -0.919. The highest BCUT2D eigenvalue weighted by atomic mass is 16.5. The lowest BCUT2D eigenvalue weighted by Crippen LogP contribution is -3.11. The lowest BCUT2D eigenvalue weighted by atomic mass is 9.92. The quantitative estimate of drug-likeness (QED) is 0.843. The Morgan fingerprint density at radius 3 is 2.55 bits per heavy atom. The van der Waals surface area contributed by atoms with Gasteiger partial charge in [-0.3, -0.25) is 4.79 Å². The molecule has 2 aromatic rings. The van der Waals surface area contributed by atoms with E-state index in [4.69, 9.17) is 4.74 Å². The Bertz CT molecular complexity index is 799. The number of nitrogens with zero attached hydrogens (tertiary/aromatic N) is 1. The number of ether oxygens (including phenoxy) is 1. The van der Waals surface area contributed by atoms with Gasteiger partial charge in [-0.2, -0.15) is 0 Å². The predicted octanol–water partition coefficient (Wildman–Crippen LogP) is 3.53. The molecule has 4 heteroatoms. The Labute approximate surface area is 174 Å². The molecule has 1 N–H and O–H groups in total. The van der Waals surface area contributed by atoms with Crippen molar-refractivity contribution in [2.45, 2.75) is 39.2 Å². The van der Waals surface area contributed by atoms with Crippen molar-refractivity contribution in [2.24, 2.45) is 11.8 Å². The van der Waals surface area contributed by atoms with Crippen molar-refractivity contribution in [3.05, 3.63) is 60.2 Å². The summed E-state index contributed by atoms with van der Waals surface area (Å²) in [6.45, 7) is 7.33. The van der Waals surface area contributed by atoms with Gasteiger partial charge < -0.3 is 14.5 Å². The van der Waals surface area contributed by atoms with Crippen molar-refractivity contribution in [3.8, 4) is 11.5 Å². The van der Waals surface area contributed by atoms with Gasteiger partial charge in [-0.1, -0.05) is 37.3 Å². The van der Waals surface area contributed by atoms with E-state index in [9.17, 15) is 4.79 Å². The van der Waals surface area contributed by atoms with Gasteiger partial charge in [0.2, 0.25) is 5.91 Å². The highest BCUT2D eigenvalue weighted by Crippen LogP contribution is 2.23. The van der Waals surface area contributed by atoms with E-state index in [1.807, 2.05) is 36.4 Å². The summed E-state index contributed by atoms with van der Waals surface area (Å²) in [6, 6.07) is 18.3. The van der Waals surface area contributed by atoms with Crippen LogP contribution in [0.3, 0.4) is 0 Å². The molecule has 0 spiro atoms. The molecule has 1 amide bonds. The second-order valence-corrected chi connectivity index (χ2v) is 8.80. The van der Waals surface area contributed by atoms with Crippen molar-refractivity contribution in [1.29, 1.82) is 0 Å². The van der Waals surface area contributed by atoms with Crippen LogP contribution in [0.5, 0.6) is 11.5 Å². The fourth-order valence-electron chi connectivity index (χ4n) is 4.73. The first-order chi connectivity index (χ1) is 14.2. The summed E-state index contributed by atoms with van der Waals surface area (Å²) in [7, 11) is 0. The summed E-state index contributed by atoms with van der Waals surface area (Å²) in [6.07, 6.45) is 4.45. The van der Waals surface area contributed by atoms with Crippen LogP contribution in [0.1, 0.15) is 38.2 Å². The maximum atomic E-state index is 12.9. The van der Waals surface area contributed by atoms with E-state index >= 15 is 0 Å². The summed E-state index contributed by atoms with van der Waals surface area (Å²) in [5.74, 6) is 3.05. The molecule has 0 bridgehead atoms. The van der Waals surface area contributed by atoms with E-state index < -0.39 is 0 Å². The number of hydrogen-bond donors (Lipinski definition) is 1. The molecule has 2 heterocycles. The minimum atomic E-state index is 0.233. The van der Waals surface area contributed by atoms with Crippen LogP contribution in [-0.4, -0.2) is 37.0 Å². The Morgan fingerprint density at radius 2 is 1.79 bits per heavy atom. The number of carbonyl (C=O) groups is 1. The molecule has 2 saturated heterocycles.